The number of nitrogens with zero attached hydrogens (tertiary/aromatic N) is 5. The van der Waals surface area contributed by atoms with Gasteiger partial charge in [-0.2, -0.15) is 5.10 Å². The molecule has 0 atom stereocenters. The minimum absolute atomic E-state index is 0.263. The van der Waals surface area contributed by atoms with Crippen molar-refractivity contribution in [1.82, 2.24) is 29.9 Å². The molecule has 1 aliphatic rings. The van der Waals surface area contributed by atoms with Crippen molar-refractivity contribution in [2.24, 2.45) is 0 Å². The lowest BCUT2D eigenvalue weighted by molar-refractivity contribution is 0.0948. The number of carbonyl (C=O) groups is 1. The summed E-state index contributed by atoms with van der Waals surface area (Å²) in [6.07, 6.45) is 5.79. The number of benzene rings is 1. The quantitative estimate of drug-likeness (QED) is 0.768. The van der Waals surface area contributed by atoms with E-state index in [-0.39, 0.29) is 11.7 Å². The molecule has 3 aromatic rings. The number of nitrogens with one attached hydrogen (secondary N) is 1. The molecular formula is C19H21FN6O. The van der Waals surface area contributed by atoms with Crippen LogP contribution in [0.1, 0.15) is 47.0 Å². The summed E-state index contributed by atoms with van der Waals surface area (Å²) >= 11 is 0. The number of aromatic nitrogens is 5. The van der Waals surface area contributed by atoms with E-state index in [0.29, 0.717) is 23.5 Å². The Hall–Kier alpha value is -3.03. The molecule has 2 aromatic heterocycles. The molecule has 0 bridgehead atoms. The monoisotopic (exact) mass is 368 g/mol. The number of para-hydroxylation sites is 1. The van der Waals surface area contributed by atoms with Crippen LogP contribution in [0.5, 0.6) is 0 Å². The molecule has 27 heavy (non-hydrogen) atoms. The first-order chi connectivity index (χ1) is 13.1. The Balaban J connectivity index is 1.50. The lowest BCUT2D eigenvalue weighted by Crippen LogP contribution is -2.25. The Bertz CT molecular complexity index is 976. The minimum atomic E-state index is -0.387. The molecule has 1 aliphatic heterocycles. The number of amides is 1. The van der Waals surface area contributed by atoms with E-state index in [1.807, 2.05) is 0 Å². The van der Waals surface area contributed by atoms with Crippen molar-refractivity contribution in [1.29, 1.82) is 0 Å². The summed E-state index contributed by atoms with van der Waals surface area (Å²) in [4.78, 5) is 12.6. The van der Waals surface area contributed by atoms with E-state index in [9.17, 15) is 9.18 Å². The van der Waals surface area contributed by atoms with Gasteiger partial charge in [0.05, 0.1) is 24.0 Å². The van der Waals surface area contributed by atoms with Crippen LogP contribution in [-0.2, 0) is 19.5 Å². The molecule has 0 saturated heterocycles. The largest absolute Gasteiger partial charge is 0.345 e. The fourth-order valence-electron chi connectivity index (χ4n) is 3.43. The van der Waals surface area contributed by atoms with E-state index < -0.39 is 0 Å². The van der Waals surface area contributed by atoms with Gasteiger partial charge in [-0.25, -0.2) is 9.07 Å². The molecule has 7 nitrogen and oxygen atoms in total. The Labute approximate surface area is 156 Å². The molecule has 1 N–H and O–H groups in total. The molecule has 1 amide bonds. The van der Waals surface area contributed by atoms with Gasteiger partial charge in [0.15, 0.2) is 5.82 Å². The molecule has 0 saturated carbocycles. The van der Waals surface area contributed by atoms with Crippen LogP contribution in [0.3, 0.4) is 0 Å². The van der Waals surface area contributed by atoms with E-state index in [1.165, 1.54) is 23.4 Å². The first kappa shape index (κ1) is 17.4. The third-order valence-electron chi connectivity index (χ3n) is 4.93. The van der Waals surface area contributed by atoms with Gasteiger partial charge in [-0.3, -0.25) is 4.79 Å². The van der Waals surface area contributed by atoms with Crippen LogP contribution in [0, 0.1) is 12.7 Å². The zero-order valence-corrected chi connectivity index (χ0v) is 15.2. The highest BCUT2D eigenvalue weighted by Gasteiger charge is 2.19. The number of aryl methyl sites for hydroxylation is 1. The van der Waals surface area contributed by atoms with Crippen LogP contribution in [0.4, 0.5) is 4.39 Å². The molecule has 3 heterocycles. The maximum absolute atomic E-state index is 14.0. The summed E-state index contributed by atoms with van der Waals surface area (Å²) in [5, 5.41) is 15.5. The van der Waals surface area contributed by atoms with Crippen molar-refractivity contribution in [3.05, 3.63) is 59.2 Å². The van der Waals surface area contributed by atoms with Crippen molar-refractivity contribution in [3.8, 4) is 5.69 Å². The van der Waals surface area contributed by atoms with Crippen LogP contribution < -0.4 is 5.32 Å². The SMILES string of the molecule is Cc1c(C(=O)NCc2nnc3n2CCCCC3)cnn1-c1ccccc1F. The Morgan fingerprint density at radius 3 is 2.93 bits per heavy atom. The zero-order valence-electron chi connectivity index (χ0n) is 15.2. The Morgan fingerprint density at radius 1 is 1.22 bits per heavy atom. The van der Waals surface area contributed by atoms with Crippen LogP contribution >= 0.6 is 0 Å². The predicted octanol–water partition coefficient (Wildman–Crippen LogP) is 2.57. The molecule has 8 heteroatoms. The van der Waals surface area contributed by atoms with Gasteiger partial charge in [0, 0.05) is 13.0 Å². The summed E-state index contributed by atoms with van der Waals surface area (Å²) in [6, 6.07) is 6.35. The third-order valence-corrected chi connectivity index (χ3v) is 4.93. The second-order valence-electron chi connectivity index (χ2n) is 6.68. The maximum atomic E-state index is 14.0. The third kappa shape index (κ3) is 3.34. The van der Waals surface area contributed by atoms with Crippen LogP contribution in [0.25, 0.3) is 5.69 Å². The Morgan fingerprint density at radius 2 is 2.07 bits per heavy atom. The molecule has 0 unspecified atom stereocenters. The van der Waals surface area contributed by atoms with Crippen molar-refractivity contribution in [2.45, 2.75) is 45.7 Å². The van der Waals surface area contributed by atoms with Crippen LogP contribution in [-0.4, -0.2) is 30.5 Å². The van der Waals surface area contributed by atoms with Gasteiger partial charge < -0.3 is 9.88 Å². The molecule has 0 fully saturated rings. The number of halogens is 1. The average molecular weight is 368 g/mol. The predicted molar refractivity (Wildman–Crippen MR) is 97.0 cm³/mol. The summed E-state index contributed by atoms with van der Waals surface area (Å²) in [7, 11) is 0. The molecule has 0 radical (unpaired) electrons. The maximum Gasteiger partial charge on any atom is 0.255 e. The van der Waals surface area contributed by atoms with Gasteiger partial charge in [0.2, 0.25) is 0 Å². The summed E-state index contributed by atoms with van der Waals surface area (Å²) in [6.45, 7) is 2.94. The highest BCUT2D eigenvalue weighted by atomic mass is 19.1. The molecular weight excluding hydrogens is 347 g/mol. The van der Waals surface area contributed by atoms with Gasteiger partial charge in [-0.1, -0.05) is 18.6 Å². The molecule has 140 valence electrons. The van der Waals surface area contributed by atoms with E-state index in [2.05, 4.69) is 25.2 Å². The van der Waals surface area contributed by atoms with Crippen LogP contribution in [0.15, 0.2) is 30.5 Å². The lowest BCUT2D eigenvalue weighted by atomic mass is 10.2. The van der Waals surface area contributed by atoms with Gasteiger partial charge in [-0.15, -0.1) is 10.2 Å². The topological polar surface area (TPSA) is 77.6 Å². The standard InChI is InChI=1S/C19H21FN6O/c1-13-14(11-22-26(13)16-8-5-4-7-15(16)20)19(27)21-12-18-24-23-17-9-3-2-6-10-25(17)18/h4-5,7-8,11H,2-3,6,9-10,12H2,1H3,(H,21,27). The second kappa shape index (κ2) is 7.30. The second-order valence-corrected chi connectivity index (χ2v) is 6.68. The highest BCUT2D eigenvalue weighted by Crippen LogP contribution is 2.18. The van der Waals surface area contributed by atoms with E-state index in [0.717, 1.165) is 37.5 Å². The molecule has 1 aromatic carbocycles. The van der Waals surface area contributed by atoms with Crippen molar-refractivity contribution < 1.29 is 9.18 Å². The van der Waals surface area contributed by atoms with E-state index >= 15 is 0 Å². The number of hydrogen-bond donors (Lipinski definition) is 1. The fourth-order valence-corrected chi connectivity index (χ4v) is 3.43. The first-order valence-corrected chi connectivity index (χ1v) is 9.14. The molecule has 4 rings (SSSR count). The Kier molecular flexibility index (Phi) is 4.70. The molecule has 0 aliphatic carbocycles. The van der Waals surface area contributed by atoms with Crippen molar-refractivity contribution >= 4 is 5.91 Å². The lowest BCUT2D eigenvalue weighted by Gasteiger charge is -2.09. The summed E-state index contributed by atoms with van der Waals surface area (Å²) in [5.41, 5.74) is 1.31. The van der Waals surface area contributed by atoms with Crippen LogP contribution in [0.2, 0.25) is 0 Å². The fraction of sp³-hybridized carbons (Fsp3) is 0.368. The van der Waals surface area contributed by atoms with Gasteiger partial charge in [0.25, 0.3) is 5.91 Å². The molecule has 0 spiro atoms. The van der Waals surface area contributed by atoms with Crippen molar-refractivity contribution in [2.75, 3.05) is 0 Å². The minimum Gasteiger partial charge on any atom is -0.345 e. The zero-order chi connectivity index (χ0) is 18.8. The number of fused-ring (bicyclic) bond motifs is 1. The van der Waals surface area contributed by atoms with Gasteiger partial charge >= 0.3 is 0 Å². The first-order valence-electron chi connectivity index (χ1n) is 9.14. The van der Waals surface area contributed by atoms with E-state index in [1.54, 1.807) is 25.1 Å². The smallest absolute Gasteiger partial charge is 0.255 e. The number of rotatable bonds is 4. The van der Waals surface area contributed by atoms with E-state index in [4.69, 9.17) is 0 Å². The number of carbonyl (C=O) groups excluding carboxylic acids is 1. The van der Waals surface area contributed by atoms with Crippen molar-refractivity contribution in [3.63, 3.8) is 0 Å². The highest BCUT2D eigenvalue weighted by molar-refractivity contribution is 5.95. The summed E-state index contributed by atoms with van der Waals surface area (Å²) < 4.78 is 17.6. The van der Waals surface area contributed by atoms with Gasteiger partial charge in [0.1, 0.15) is 17.3 Å². The summed E-state index contributed by atoms with van der Waals surface area (Å²) in [5.74, 6) is 1.10. The number of hydrogen-bond acceptors (Lipinski definition) is 4. The normalized spacial score (nSPS) is 13.9. The average Bonchev–Trinajstić information content (AvgIpc) is 3.15. The van der Waals surface area contributed by atoms with Gasteiger partial charge in [-0.05, 0) is 31.9 Å².